The summed E-state index contributed by atoms with van der Waals surface area (Å²) in [7, 11) is 0. The fourth-order valence-electron chi connectivity index (χ4n) is 2.57. The lowest BCUT2D eigenvalue weighted by atomic mass is 9.97. The highest BCUT2D eigenvalue weighted by Crippen LogP contribution is 2.22. The molecule has 0 aliphatic heterocycles. The lowest BCUT2D eigenvalue weighted by Crippen LogP contribution is -2.13. The van der Waals surface area contributed by atoms with Crippen LogP contribution in [0.4, 0.5) is 5.69 Å². The number of nitrogens with zero attached hydrogens (tertiary/aromatic N) is 3. The van der Waals surface area contributed by atoms with E-state index >= 15 is 0 Å². The molecular formula is C17H21N3O3. The fraction of sp³-hybridized carbons (Fsp3) is 0.412. The maximum atomic E-state index is 12.4. The van der Waals surface area contributed by atoms with Crippen molar-refractivity contribution in [2.75, 3.05) is 0 Å². The summed E-state index contributed by atoms with van der Waals surface area (Å²) in [5, 5.41) is 15.1. The lowest BCUT2D eigenvalue weighted by Gasteiger charge is -2.09. The molecule has 122 valence electrons. The van der Waals surface area contributed by atoms with E-state index in [0.717, 1.165) is 6.42 Å². The number of aryl methyl sites for hydroxylation is 1. The smallest absolute Gasteiger partial charge is 0.292 e. The third-order valence-corrected chi connectivity index (χ3v) is 4.23. The molecule has 23 heavy (non-hydrogen) atoms. The number of Topliss-reactive ketones (excluding diaryl/α,β-unsaturated/α-hetero) is 1. The first-order chi connectivity index (χ1) is 10.8. The molecule has 0 aliphatic carbocycles. The van der Waals surface area contributed by atoms with Gasteiger partial charge < -0.3 is 0 Å². The van der Waals surface area contributed by atoms with Gasteiger partial charge in [-0.2, -0.15) is 5.10 Å². The minimum absolute atomic E-state index is 0.00317. The summed E-state index contributed by atoms with van der Waals surface area (Å²) in [6.07, 6.45) is 1.04. The molecule has 1 aromatic heterocycles. The molecule has 0 saturated heterocycles. The molecule has 0 bridgehead atoms. The molecule has 0 radical (unpaired) electrons. The van der Waals surface area contributed by atoms with E-state index in [0.29, 0.717) is 22.9 Å². The van der Waals surface area contributed by atoms with Crippen LogP contribution in [0.3, 0.4) is 0 Å². The van der Waals surface area contributed by atoms with Crippen molar-refractivity contribution >= 4 is 11.5 Å². The summed E-state index contributed by atoms with van der Waals surface area (Å²) in [5.74, 6) is 0.346. The minimum Gasteiger partial charge on any atom is -0.292 e. The zero-order chi connectivity index (χ0) is 17.1. The van der Waals surface area contributed by atoms with Crippen molar-refractivity contribution in [3.05, 3.63) is 56.9 Å². The molecule has 6 nitrogen and oxygen atoms in total. The van der Waals surface area contributed by atoms with Crippen LogP contribution >= 0.6 is 0 Å². The Morgan fingerprint density at radius 3 is 2.39 bits per heavy atom. The van der Waals surface area contributed by atoms with Crippen LogP contribution in [-0.2, 0) is 6.54 Å². The number of aromatic nitrogens is 2. The van der Waals surface area contributed by atoms with Gasteiger partial charge in [-0.15, -0.1) is 0 Å². The Morgan fingerprint density at radius 2 is 1.91 bits per heavy atom. The van der Waals surface area contributed by atoms with E-state index in [1.54, 1.807) is 13.8 Å². The average Bonchev–Trinajstić information content (AvgIpc) is 2.80. The predicted molar refractivity (Wildman–Crippen MR) is 87.8 cm³/mol. The maximum absolute atomic E-state index is 12.4. The molecule has 2 rings (SSSR count). The van der Waals surface area contributed by atoms with Gasteiger partial charge in [0, 0.05) is 5.56 Å². The van der Waals surface area contributed by atoms with Crippen LogP contribution < -0.4 is 0 Å². The minimum atomic E-state index is -0.459. The number of hydrogen-bond acceptors (Lipinski definition) is 4. The quantitative estimate of drug-likeness (QED) is 0.461. The van der Waals surface area contributed by atoms with E-state index in [1.807, 2.05) is 24.3 Å². The normalized spacial score (nSPS) is 12.2. The first kappa shape index (κ1) is 16.9. The highest BCUT2D eigenvalue weighted by molar-refractivity contribution is 5.96. The van der Waals surface area contributed by atoms with Crippen molar-refractivity contribution in [3.8, 4) is 0 Å². The van der Waals surface area contributed by atoms with Gasteiger partial charge in [-0.1, -0.05) is 38.1 Å². The second-order valence-corrected chi connectivity index (χ2v) is 5.79. The second kappa shape index (κ2) is 6.73. The lowest BCUT2D eigenvalue weighted by molar-refractivity contribution is -0.386. The standard InChI is InChI=1S/C17H21N3O3/c1-5-11(2)14-6-8-15(9-7-14)16(21)10-19-13(4)17(20(22)23)12(3)18-19/h6-9,11H,5,10H2,1-4H3. The van der Waals surface area contributed by atoms with Gasteiger partial charge in [0.05, 0.1) is 4.92 Å². The highest BCUT2D eigenvalue weighted by Gasteiger charge is 2.23. The summed E-state index contributed by atoms with van der Waals surface area (Å²) >= 11 is 0. The van der Waals surface area contributed by atoms with E-state index in [-0.39, 0.29) is 18.0 Å². The Morgan fingerprint density at radius 1 is 1.30 bits per heavy atom. The monoisotopic (exact) mass is 315 g/mol. The van der Waals surface area contributed by atoms with Gasteiger partial charge in [0.25, 0.3) is 0 Å². The maximum Gasteiger partial charge on any atom is 0.312 e. The van der Waals surface area contributed by atoms with Crippen molar-refractivity contribution in [3.63, 3.8) is 0 Å². The van der Waals surface area contributed by atoms with Crippen molar-refractivity contribution in [2.24, 2.45) is 0 Å². The molecule has 0 aliphatic rings. The molecular weight excluding hydrogens is 294 g/mol. The summed E-state index contributed by atoms with van der Waals surface area (Å²) < 4.78 is 1.40. The van der Waals surface area contributed by atoms with Gasteiger partial charge in [0.15, 0.2) is 5.78 Å². The van der Waals surface area contributed by atoms with Crippen molar-refractivity contribution in [2.45, 2.75) is 46.6 Å². The third-order valence-electron chi connectivity index (χ3n) is 4.23. The highest BCUT2D eigenvalue weighted by atomic mass is 16.6. The van der Waals surface area contributed by atoms with Crippen LogP contribution in [0.1, 0.15) is 53.5 Å². The number of benzene rings is 1. The van der Waals surface area contributed by atoms with Gasteiger partial charge in [0.1, 0.15) is 17.9 Å². The summed E-state index contributed by atoms with van der Waals surface area (Å²) in [5.41, 5.74) is 2.49. The Hall–Kier alpha value is -2.50. The van der Waals surface area contributed by atoms with E-state index in [1.165, 1.54) is 10.2 Å². The summed E-state index contributed by atoms with van der Waals surface area (Å²) in [6.45, 7) is 7.46. The van der Waals surface area contributed by atoms with Crippen LogP contribution in [0.25, 0.3) is 0 Å². The van der Waals surface area contributed by atoms with Crippen LogP contribution in [0.2, 0.25) is 0 Å². The number of carbonyl (C=O) groups excluding carboxylic acids is 1. The van der Waals surface area contributed by atoms with Crippen LogP contribution in [-0.4, -0.2) is 20.5 Å². The van der Waals surface area contributed by atoms with E-state index in [4.69, 9.17) is 0 Å². The van der Waals surface area contributed by atoms with E-state index in [2.05, 4.69) is 18.9 Å². The van der Waals surface area contributed by atoms with Gasteiger partial charge in [-0.3, -0.25) is 19.6 Å². The molecule has 2 aromatic rings. The molecule has 1 unspecified atom stereocenters. The molecule has 0 amide bonds. The Labute approximate surface area is 135 Å². The summed E-state index contributed by atoms with van der Waals surface area (Å²) in [4.78, 5) is 22.9. The number of ketones is 1. The number of rotatable bonds is 6. The van der Waals surface area contributed by atoms with Crippen molar-refractivity contribution < 1.29 is 9.72 Å². The molecule has 6 heteroatoms. The van der Waals surface area contributed by atoms with Crippen molar-refractivity contribution in [1.29, 1.82) is 0 Å². The SMILES string of the molecule is CCC(C)c1ccc(C(=O)Cn2nc(C)c([N+](=O)[O-])c2C)cc1. The molecule has 1 aromatic carbocycles. The van der Waals surface area contributed by atoms with Gasteiger partial charge >= 0.3 is 5.69 Å². The van der Waals surface area contributed by atoms with Crippen LogP contribution in [0.15, 0.2) is 24.3 Å². The van der Waals surface area contributed by atoms with Crippen molar-refractivity contribution in [1.82, 2.24) is 9.78 Å². The molecule has 0 fully saturated rings. The molecule has 0 spiro atoms. The zero-order valence-electron chi connectivity index (χ0n) is 13.9. The van der Waals surface area contributed by atoms with Crippen LogP contribution in [0.5, 0.6) is 0 Å². The number of carbonyl (C=O) groups is 1. The zero-order valence-corrected chi connectivity index (χ0v) is 13.9. The average molecular weight is 315 g/mol. The fourth-order valence-corrected chi connectivity index (χ4v) is 2.57. The van der Waals surface area contributed by atoms with Gasteiger partial charge in [-0.25, -0.2) is 0 Å². The Kier molecular flexibility index (Phi) is 4.93. The second-order valence-electron chi connectivity index (χ2n) is 5.79. The van der Waals surface area contributed by atoms with E-state index in [9.17, 15) is 14.9 Å². The first-order valence-corrected chi connectivity index (χ1v) is 7.66. The third kappa shape index (κ3) is 3.47. The summed E-state index contributed by atoms with van der Waals surface area (Å²) in [6, 6.07) is 7.55. The molecule has 1 atom stereocenters. The number of hydrogen-bond donors (Lipinski definition) is 0. The molecule has 1 heterocycles. The topological polar surface area (TPSA) is 78.0 Å². The first-order valence-electron chi connectivity index (χ1n) is 7.66. The number of nitro groups is 1. The molecule has 0 N–H and O–H groups in total. The van der Waals surface area contributed by atoms with E-state index < -0.39 is 4.92 Å². The predicted octanol–water partition coefficient (Wildman–Crippen LogP) is 3.80. The largest absolute Gasteiger partial charge is 0.312 e. The van der Waals surface area contributed by atoms with Crippen LogP contribution in [0, 0.1) is 24.0 Å². The van der Waals surface area contributed by atoms with Gasteiger partial charge in [-0.05, 0) is 31.7 Å². The van der Waals surface area contributed by atoms with Gasteiger partial charge in [0.2, 0.25) is 0 Å². The molecule has 0 saturated carbocycles. The Balaban J connectivity index is 2.19. The Bertz CT molecular complexity index is 732.